The Morgan fingerprint density at radius 3 is 1.59 bits per heavy atom. The minimum Gasteiger partial charge on any atom is -0.457 e. The molecule has 146 valence electrons. The van der Waals surface area contributed by atoms with E-state index in [9.17, 15) is 4.79 Å². The summed E-state index contributed by atoms with van der Waals surface area (Å²) in [5.74, 6) is 0.485. The van der Waals surface area contributed by atoms with Crippen molar-refractivity contribution in [3.05, 3.63) is 119 Å². The second-order valence-corrected chi connectivity index (χ2v) is 7.03. The van der Waals surface area contributed by atoms with Crippen molar-refractivity contribution in [3.63, 3.8) is 0 Å². The van der Waals surface area contributed by atoms with Crippen LogP contribution in [0.15, 0.2) is 102 Å². The monoisotopic (exact) mass is 385 g/mol. The lowest BCUT2D eigenvalue weighted by Crippen LogP contribution is -2.37. The van der Waals surface area contributed by atoms with E-state index in [0.29, 0.717) is 17.7 Å². The van der Waals surface area contributed by atoms with Gasteiger partial charge in [0.2, 0.25) is 0 Å². The van der Waals surface area contributed by atoms with Gasteiger partial charge in [-0.15, -0.1) is 0 Å². The summed E-state index contributed by atoms with van der Waals surface area (Å²) in [5, 5.41) is 0. The van der Waals surface area contributed by atoms with Crippen molar-refractivity contribution in [2.24, 2.45) is 5.73 Å². The molecule has 4 heteroatoms. The zero-order chi connectivity index (χ0) is 20.3. The molecule has 1 aliphatic rings. The van der Waals surface area contributed by atoms with Gasteiger partial charge in [0, 0.05) is 0 Å². The lowest BCUT2D eigenvalue weighted by atomic mass is 9.67. The van der Waals surface area contributed by atoms with Crippen molar-refractivity contribution >= 4 is 6.29 Å². The summed E-state index contributed by atoms with van der Waals surface area (Å²) in [7, 11) is 0. The average molecular weight is 385 g/mol. The van der Waals surface area contributed by atoms with E-state index in [0.717, 1.165) is 16.7 Å². The van der Waals surface area contributed by atoms with Gasteiger partial charge in [-0.05, 0) is 23.6 Å². The fourth-order valence-electron chi connectivity index (χ4n) is 4.07. The molecule has 1 saturated heterocycles. The first kappa shape index (κ1) is 19.0. The molecule has 1 aliphatic heterocycles. The number of allylic oxidation sites excluding steroid dienone is 1. The molecule has 0 radical (unpaired) electrons. The van der Waals surface area contributed by atoms with Gasteiger partial charge in [0.05, 0.1) is 11.1 Å². The summed E-state index contributed by atoms with van der Waals surface area (Å²) >= 11 is 0. The lowest BCUT2D eigenvalue weighted by Gasteiger charge is -2.37. The minimum absolute atomic E-state index is 0.430. The van der Waals surface area contributed by atoms with E-state index in [-0.39, 0.29) is 0 Å². The largest absolute Gasteiger partial charge is 0.457 e. The molecule has 4 rings (SSSR count). The molecule has 0 spiro atoms. The van der Waals surface area contributed by atoms with Crippen LogP contribution >= 0.6 is 0 Å². The van der Waals surface area contributed by atoms with Gasteiger partial charge in [-0.2, -0.15) is 0 Å². The Bertz CT molecular complexity index is 903. The number of hydrogen-bond acceptors (Lipinski definition) is 4. The Kier molecular flexibility index (Phi) is 5.19. The predicted octanol–water partition coefficient (Wildman–Crippen LogP) is 4.15. The average Bonchev–Trinajstić information content (AvgIpc) is 3.17. The van der Waals surface area contributed by atoms with Gasteiger partial charge in [-0.3, -0.25) is 4.79 Å². The third-order valence-electron chi connectivity index (χ3n) is 5.35. The van der Waals surface area contributed by atoms with Crippen molar-refractivity contribution in [3.8, 4) is 0 Å². The molecular weight excluding hydrogens is 362 g/mol. The normalized spacial score (nSPS) is 20.7. The zero-order valence-electron chi connectivity index (χ0n) is 16.2. The second-order valence-electron chi connectivity index (χ2n) is 7.03. The van der Waals surface area contributed by atoms with Crippen molar-refractivity contribution < 1.29 is 14.3 Å². The highest BCUT2D eigenvalue weighted by Gasteiger charge is 2.44. The minimum atomic E-state index is -0.946. The number of carbonyl (C=O) groups is 1. The first-order chi connectivity index (χ1) is 14.2. The van der Waals surface area contributed by atoms with Crippen LogP contribution in [0, 0.1) is 0 Å². The molecule has 1 fully saturated rings. The van der Waals surface area contributed by atoms with Crippen LogP contribution in [0.25, 0.3) is 0 Å². The van der Waals surface area contributed by atoms with Gasteiger partial charge >= 0.3 is 0 Å². The number of nitrogens with two attached hydrogens (primary N) is 1. The molecule has 0 aromatic heterocycles. The van der Waals surface area contributed by atoms with Crippen LogP contribution in [-0.4, -0.2) is 18.7 Å². The van der Waals surface area contributed by atoms with E-state index in [1.54, 1.807) is 0 Å². The summed E-state index contributed by atoms with van der Waals surface area (Å²) < 4.78 is 11.4. The van der Waals surface area contributed by atoms with Crippen LogP contribution in [0.3, 0.4) is 0 Å². The van der Waals surface area contributed by atoms with Crippen molar-refractivity contribution in [1.29, 1.82) is 0 Å². The molecule has 2 atom stereocenters. The third-order valence-corrected chi connectivity index (χ3v) is 5.35. The molecule has 2 unspecified atom stereocenters. The maximum Gasteiger partial charge on any atom is 0.257 e. The number of hydrogen-bond donors (Lipinski definition) is 1. The van der Waals surface area contributed by atoms with Crippen molar-refractivity contribution in [2.45, 2.75) is 24.7 Å². The molecule has 0 bridgehead atoms. The van der Waals surface area contributed by atoms with Crippen molar-refractivity contribution in [1.82, 2.24) is 0 Å². The summed E-state index contributed by atoms with van der Waals surface area (Å²) in [6.45, 7) is 1.84. The topological polar surface area (TPSA) is 61.5 Å². The first-order valence-corrected chi connectivity index (χ1v) is 9.62. The molecule has 0 aliphatic carbocycles. The molecule has 2 N–H and O–H groups in total. The Hall–Kier alpha value is -3.37. The highest BCUT2D eigenvalue weighted by atomic mass is 16.7. The molecule has 4 nitrogen and oxygen atoms in total. The van der Waals surface area contributed by atoms with E-state index >= 15 is 0 Å². The zero-order valence-corrected chi connectivity index (χ0v) is 16.2. The number of rotatable bonds is 5. The Balaban J connectivity index is 2.08. The van der Waals surface area contributed by atoms with Crippen LogP contribution in [0.5, 0.6) is 0 Å². The van der Waals surface area contributed by atoms with Gasteiger partial charge in [0.1, 0.15) is 11.9 Å². The van der Waals surface area contributed by atoms with Crippen LogP contribution in [-0.2, 0) is 19.7 Å². The van der Waals surface area contributed by atoms with E-state index in [1.807, 2.05) is 61.5 Å². The van der Waals surface area contributed by atoms with E-state index in [1.165, 1.54) is 0 Å². The smallest absolute Gasteiger partial charge is 0.257 e. The summed E-state index contributed by atoms with van der Waals surface area (Å²) in [6, 6.07) is 30.3. The summed E-state index contributed by atoms with van der Waals surface area (Å²) in [5.41, 5.74) is 9.66. The Morgan fingerprint density at radius 2 is 1.24 bits per heavy atom. The third kappa shape index (κ3) is 3.22. The fraction of sp³-hybridized carbons (Fsp3) is 0.160. The molecule has 29 heavy (non-hydrogen) atoms. The molecular formula is C25H23NO3. The molecule has 0 amide bonds. The van der Waals surface area contributed by atoms with Gasteiger partial charge < -0.3 is 15.2 Å². The number of benzene rings is 3. The predicted molar refractivity (Wildman–Crippen MR) is 112 cm³/mol. The van der Waals surface area contributed by atoms with Crippen LogP contribution in [0.2, 0.25) is 0 Å². The van der Waals surface area contributed by atoms with E-state index in [4.69, 9.17) is 15.2 Å². The quantitative estimate of drug-likeness (QED) is 0.529. The van der Waals surface area contributed by atoms with Gasteiger partial charge in [0.15, 0.2) is 6.29 Å². The van der Waals surface area contributed by atoms with Crippen LogP contribution in [0.1, 0.15) is 23.6 Å². The highest BCUT2D eigenvalue weighted by Crippen LogP contribution is 2.45. The lowest BCUT2D eigenvalue weighted by molar-refractivity contribution is -0.131. The standard InChI is InChI=1S/C25H23NO3/c1-18-23(29-22(17-27)28-18)24(26)25(19-11-5-2-6-12-19,20-13-7-3-8-14-20)21-15-9-4-10-16-21/h2-18,22H,26H2,1H3. The second kappa shape index (κ2) is 7.94. The summed E-state index contributed by atoms with van der Waals surface area (Å²) in [6.07, 6.45) is -0.731. The molecule has 3 aromatic rings. The molecule has 1 heterocycles. The van der Waals surface area contributed by atoms with E-state index < -0.39 is 17.8 Å². The fourth-order valence-corrected chi connectivity index (χ4v) is 4.07. The van der Waals surface area contributed by atoms with Crippen LogP contribution < -0.4 is 5.73 Å². The van der Waals surface area contributed by atoms with Crippen molar-refractivity contribution in [2.75, 3.05) is 0 Å². The summed E-state index contributed by atoms with van der Waals surface area (Å²) in [4.78, 5) is 11.3. The first-order valence-electron chi connectivity index (χ1n) is 9.62. The molecule has 0 saturated carbocycles. The number of carbonyl (C=O) groups excluding carboxylic acids is 1. The maximum atomic E-state index is 11.3. The maximum absolute atomic E-state index is 11.3. The van der Waals surface area contributed by atoms with Gasteiger partial charge in [-0.1, -0.05) is 91.0 Å². The van der Waals surface area contributed by atoms with E-state index in [2.05, 4.69) is 36.4 Å². The van der Waals surface area contributed by atoms with Gasteiger partial charge in [-0.25, -0.2) is 0 Å². The number of ether oxygens (including phenoxy) is 2. The Labute approximate surface area is 170 Å². The number of aldehydes is 1. The Morgan fingerprint density at radius 1 is 0.828 bits per heavy atom. The molecule has 3 aromatic carbocycles. The van der Waals surface area contributed by atoms with Crippen LogP contribution in [0.4, 0.5) is 0 Å². The SMILES string of the molecule is CC1OC(C=O)OC1=C(N)C(c1ccccc1)(c1ccccc1)c1ccccc1. The van der Waals surface area contributed by atoms with Gasteiger partial charge in [0.25, 0.3) is 6.29 Å². The highest BCUT2D eigenvalue weighted by molar-refractivity contribution is 5.60.